The molecule has 0 saturated carbocycles. The van der Waals surface area contributed by atoms with Crippen LogP contribution in [0.25, 0.3) is 0 Å². The molecular formula is C12H20N2O3S. The quantitative estimate of drug-likeness (QED) is 0.674. The molecule has 1 aromatic rings. The average Bonchev–Trinajstić information content (AvgIpc) is 2.26. The number of rotatable bonds is 6. The second kappa shape index (κ2) is 6.17. The Balaban J connectivity index is 2.87. The van der Waals surface area contributed by atoms with Crippen LogP contribution in [0.3, 0.4) is 0 Å². The van der Waals surface area contributed by atoms with Gasteiger partial charge < -0.3 is 10.8 Å². The average molecular weight is 272 g/mol. The van der Waals surface area contributed by atoms with Crippen LogP contribution in [-0.2, 0) is 10.0 Å². The van der Waals surface area contributed by atoms with E-state index in [0.29, 0.717) is 12.0 Å². The van der Waals surface area contributed by atoms with Gasteiger partial charge in [-0.15, -0.1) is 0 Å². The van der Waals surface area contributed by atoms with E-state index in [2.05, 4.69) is 4.72 Å². The molecule has 0 aliphatic heterocycles. The lowest BCUT2D eigenvalue weighted by molar-refractivity contribution is 0.167. The fourth-order valence-corrected chi connectivity index (χ4v) is 3.18. The van der Waals surface area contributed by atoms with Crippen molar-refractivity contribution < 1.29 is 13.5 Å². The third kappa shape index (κ3) is 3.69. The highest BCUT2D eigenvalue weighted by Crippen LogP contribution is 2.21. The number of nitrogens with one attached hydrogen (secondary N) is 1. The van der Waals surface area contributed by atoms with Gasteiger partial charge >= 0.3 is 0 Å². The summed E-state index contributed by atoms with van der Waals surface area (Å²) in [7, 11) is -3.67. The predicted molar refractivity (Wildman–Crippen MR) is 71.7 cm³/mol. The van der Waals surface area contributed by atoms with E-state index in [1.54, 1.807) is 25.1 Å². The molecule has 0 spiro atoms. The van der Waals surface area contributed by atoms with Gasteiger partial charge in [0.2, 0.25) is 10.0 Å². The van der Waals surface area contributed by atoms with Crippen molar-refractivity contribution in [1.29, 1.82) is 0 Å². The number of aliphatic hydroxyl groups is 1. The Labute approximate surface area is 108 Å². The number of hydrogen-bond acceptors (Lipinski definition) is 4. The maximum Gasteiger partial charge on any atom is 0.242 e. The maximum atomic E-state index is 12.1. The first-order valence-corrected chi connectivity index (χ1v) is 7.39. The number of benzene rings is 1. The smallest absolute Gasteiger partial charge is 0.242 e. The number of aliphatic hydroxyl groups excluding tert-OH is 1. The first-order valence-electron chi connectivity index (χ1n) is 5.91. The van der Waals surface area contributed by atoms with Crippen molar-refractivity contribution in [3.8, 4) is 0 Å². The number of nitrogens with two attached hydrogens (primary N) is 1. The second-order valence-corrected chi connectivity index (χ2v) is 5.99. The van der Waals surface area contributed by atoms with Gasteiger partial charge in [-0.3, -0.25) is 0 Å². The first-order chi connectivity index (χ1) is 8.38. The lowest BCUT2D eigenvalue weighted by atomic mass is 10.2. The zero-order valence-electron chi connectivity index (χ0n) is 10.7. The van der Waals surface area contributed by atoms with Crippen LogP contribution in [0.5, 0.6) is 0 Å². The van der Waals surface area contributed by atoms with Crippen LogP contribution in [0.4, 0.5) is 5.69 Å². The molecule has 0 aromatic heterocycles. The number of anilines is 1. The first kappa shape index (κ1) is 14.9. The minimum absolute atomic E-state index is 0.00392. The van der Waals surface area contributed by atoms with Crippen molar-refractivity contribution in [2.75, 3.05) is 12.3 Å². The molecule has 0 heterocycles. The van der Waals surface area contributed by atoms with Crippen molar-refractivity contribution in [3.63, 3.8) is 0 Å². The minimum atomic E-state index is -3.67. The van der Waals surface area contributed by atoms with Crippen molar-refractivity contribution in [3.05, 3.63) is 23.8 Å². The molecule has 0 saturated heterocycles. The van der Waals surface area contributed by atoms with Gasteiger partial charge in [0, 0.05) is 6.54 Å². The van der Waals surface area contributed by atoms with Crippen LogP contribution in [0.2, 0.25) is 0 Å². The van der Waals surface area contributed by atoms with Gasteiger partial charge in [0.05, 0.1) is 11.8 Å². The van der Waals surface area contributed by atoms with Crippen LogP contribution in [-0.4, -0.2) is 26.2 Å². The highest BCUT2D eigenvalue weighted by Gasteiger charge is 2.20. The second-order valence-electron chi connectivity index (χ2n) is 4.29. The van der Waals surface area contributed by atoms with E-state index in [-0.39, 0.29) is 17.1 Å². The lowest BCUT2D eigenvalue weighted by Crippen LogP contribution is -2.32. The molecule has 4 N–H and O–H groups in total. The molecule has 1 atom stereocenters. The summed E-state index contributed by atoms with van der Waals surface area (Å²) < 4.78 is 26.5. The molecule has 0 fully saturated rings. The van der Waals surface area contributed by atoms with Crippen molar-refractivity contribution in [2.45, 2.75) is 37.7 Å². The minimum Gasteiger partial charge on any atom is -0.398 e. The Kier molecular flexibility index (Phi) is 5.13. The topological polar surface area (TPSA) is 92.4 Å². The summed E-state index contributed by atoms with van der Waals surface area (Å²) in [5, 5.41) is 9.54. The molecule has 102 valence electrons. The Hall–Kier alpha value is -1.11. The van der Waals surface area contributed by atoms with Crippen LogP contribution >= 0.6 is 0 Å². The predicted octanol–water partition coefficient (Wildman–Crippen LogP) is 1.02. The summed E-state index contributed by atoms with van der Waals surface area (Å²) in [5.41, 5.74) is 6.50. The summed E-state index contributed by atoms with van der Waals surface area (Å²) in [4.78, 5) is 0.0914. The lowest BCUT2D eigenvalue weighted by Gasteiger charge is -2.14. The molecule has 0 amide bonds. The van der Waals surface area contributed by atoms with Crippen molar-refractivity contribution in [2.24, 2.45) is 0 Å². The molecule has 6 heteroatoms. The van der Waals surface area contributed by atoms with Crippen LogP contribution in [0.15, 0.2) is 23.1 Å². The summed E-state index contributed by atoms with van der Waals surface area (Å²) >= 11 is 0. The maximum absolute atomic E-state index is 12.1. The van der Waals surface area contributed by atoms with E-state index in [1.165, 1.54) is 0 Å². The van der Waals surface area contributed by atoms with Crippen LogP contribution in [0.1, 0.15) is 25.3 Å². The SMILES string of the molecule is CCCC(O)CNS(=O)(=O)c1c(C)cccc1N. The summed E-state index contributed by atoms with van der Waals surface area (Å²) in [6.07, 6.45) is 0.691. The molecule has 1 rings (SSSR count). The highest BCUT2D eigenvalue weighted by molar-refractivity contribution is 7.89. The van der Waals surface area contributed by atoms with Gasteiger partial charge in [-0.25, -0.2) is 13.1 Å². The standard InChI is InChI=1S/C12H20N2O3S/c1-3-5-10(15)8-14-18(16,17)12-9(2)6-4-7-11(12)13/h4,6-7,10,14-15H,3,5,8,13H2,1-2H3. The Morgan fingerprint density at radius 3 is 2.67 bits per heavy atom. The molecule has 0 aliphatic rings. The number of hydrogen-bond donors (Lipinski definition) is 3. The van der Waals surface area contributed by atoms with E-state index >= 15 is 0 Å². The number of sulfonamides is 1. The third-order valence-electron chi connectivity index (χ3n) is 2.64. The molecule has 1 aromatic carbocycles. The van der Waals surface area contributed by atoms with Crippen LogP contribution < -0.4 is 10.5 Å². The zero-order chi connectivity index (χ0) is 13.8. The van der Waals surface area contributed by atoms with E-state index in [1.807, 2.05) is 6.92 Å². The number of aryl methyl sites for hydroxylation is 1. The van der Waals surface area contributed by atoms with Crippen LogP contribution in [0, 0.1) is 6.92 Å². The van der Waals surface area contributed by atoms with Crippen molar-refractivity contribution in [1.82, 2.24) is 4.72 Å². The Bertz CT molecular complexity index is 480. The monoisotopic (exact) mass is 272 g/mol. The van der Waals surface area contributed by atoms with Gasteiger partial charge in [-0.1, -0.05) is 25.5 Å². The summed E-state index contributed by atoms with van der Waals surface area (Å²) in [6, 6.07) is 4.94. The van der Waals surface area contributed by atoms with E-state index in [4.69, 9.17) is 5.73 Å². The molecule has 0 radical (unpaired) electrons. The van der Waals surface area contributed by atoms with Gasteiger partial charge in [0.15, 0.2) is 0 Å². The molecular weight excluding hydrogens is 252 g/mol. The molecule has 18 heavy (non-hydrogen) atoms. The Morgan fingerprint density at radius 2 is 2.11 bits per heavy atom. The van der Waals surface area contributed by atoms with E-state index in [9.17, 15) is 13.5 Å². The fraction of sp³-hybridized carbons (Fsp3) is 0.500. The largest absolute Gasteiger partial charge is 0.398 e. The summed E-state index contributed by atoms with van der Waals surface area (Å²) in [5.74, 6) is 0. The summed E-state index contributed by atoms with van der Waals surface area (Å²) in [6.45, 7) is 3.62. The van der Waals surface area contributed by atoms with Gasteiger partial charge in [0.1, 0.15) is 4.90 Å². The Morgan fingerprint density at radius 1 is 1.44 bits per heavy atom. The van der Waals surface area contributed by atoms with Gasteiger partial charge in [-0.05, 0) is 25.0 Å². The zero-order valence-corrected chi connectivity index (χ0v) is 11.5. The van der Waals surface area contributed by atoms with Crippen molar-refractivity contribution >= 4 is 15.7 Å². The van der Waals surface area contributed by atoms with Gasteiger partial charge in [-0.2, -0.15) is 0 Å². The molecule has 5 nitrogen and oxygen atoms in total. The number of nitrogen functional groups attached to an aromatic ring is 1. The van der Waals surface area contributed by atoms with E-state index in [0.717, 1.165) is 6.42 Å². The third-order valence-corrected chi connectivity index (χ3v) is 4.28. The fourth-order valence-electron chi connectivity index (χ4n) is 1.76. The molecule has 0 aliphatic carbocycles. The van der Waals surface area contributed by atoms with Gasteiger partial charge in [0.25, 0.3) is 0 Å². The molecule has 0 bridgehead atoms. The normalized spacial score (nSPS) is 13.5. The molecule has 1 unspecified atom stereocenters. The highest BCUT2D eigenvalue weighted by atomic mass is 32.2. The van der Waals surface area contributed by atoms with E-state index < -0.39 is 16.1 Å².